The number of nitrogens with zero attached hydrogens (tertiary/aromatic N) is 3. The number of ketones is 1. The molecule has 2 rings (SSSR count). The molecule has 1 aliphatic rings. The molecule has 1 aromatic rings. The Morgan fingerprint density at radius 3 is 2.88 bits per heavy atom. The number of rotatable bonds is 5. The zero-order chi connectivity index (χ0) is 12.4. The topological polar surface area (TPSA) is 38.1 Å². The highest BCUT2D eigenvalue weighted by molar-refractivity contribution is 6.03. The van der Waals surface area contributed by atoms with Crippen molar-refractivity contribution in [3.8, 4) is 0 Å². The Hall–Kier alpha value is -1.58. The number of allylic oxidation sites excluding steroid dienone is 1. The van der Waals surface area contributed by atoms with Gasteiger partial charge in [0, 0.05) is 32.9 Å². The normalized spacial score (nSPS) is 15.5. The van der Waals surface area contributed by atoms with E-state index in [1.165, 1.54) is 12.8 Å². The van der Waals surface area contributed by atoms with Gasteiger partial charge in [-0.3, -0.25) is 4.79 Å². The van der Waals surface area contributed by atoms with Crippen molar-refractivity contribution in [3.63, 3.8) is 0 Å². The van der Waals surface area contributed by atoms with Crippen LogP contribution in [0.25, 0.3) is 0 Å². The highest BCUT2D eigenvalue weighted by Gasteiger charge is 2.24. The summed E-state index contributed by atoms with van der Waals surface area (Å²) in [5, 5.41) is 0. The number of imidazole rings is 1. The lowest BCUT2D eigenvalue weighted by molar-refractivity contribution is 0.103. The molecule has 4 heteroatoms. The molecule has 1 heterocycles. The molecular weight excluding hydrogens is 214 g/mol. The van der Waals surface area contributed by atoms with E-state index in [1.807, 2.05) is 30.5 Å². The molecule has 0 atom stereocenters. The maximum atomic E-state index is 12.0. The second-order valence-electron chi connectivity index (χ2n) is 4.89. The van der Waals surface area contributed by atoms with Crippen molar-refractivity contribution < 1.29 is 4.79 Å². The van der Waals surface area contributed by atoms with Crippen LogP contribution >= 0.6 is 0 Å². The van der Waals surface area contributed by atoms with E-state index in [0.717, 1.165) is 18.3 Å². The van der Waals surface area contributed by atoms with Crippen LogP contribution < -0.4 is 0 Å². The summed E-state index contributed by atoms with van der Waals surface area (Å²) in [6.07, 6.45) is 7.60. The average Bonchev–Trinajstić information content (AvgIpc) is 3.01. The third kappa shape index (κ3) is 2.96. The van der Waals surface area contributed by atoms with E-state index < -0.39 is 0 Å². The molecule has 4 nitrogen and oxygen atoms in total. The Morgan fingerprint density at radius 2 is 2.29 bits per heavy atom. The lowest BCUT2D eigenvalue weighted by atomic mass is 10.2. The summed E-state index contributed by atoms with van der Waals surface area (Å²) in [6, 6.07) is 0. The van der Waals surface area contributed by atoms with Gasteiger partial charge in [-0.2, -0.15) is 0 Å². The number of carbonyl (C=O) groups is 1. The van der Waals surface area contributed by atoms with Crippen LogP contribution in [-0.4, -0.2) is 34.3 Å². The Bertz CT molecular complexity index is 442. The van der Waals surface area contributed by atoms with Gasteiger partial charge in [0.1, 0.15) is 11.5 Å². The highest BCUT2D eigenvalue weighted by Crippen LogP contribution is 2.31. The quantitative estimate of drug-likeness (QED) is 0.575. The van der Waals surface area contributed by atoms with Gasteiger partial charge in [-0.25, -0.2) is 4.98 Å². The van der Waals surface area contributed by atoms with Gasteiger partial charge >= 0.3 is 0 Å². The monoisotopic (exact) mass is 233 g/mol. The minimum absolute atomic E-state index is 0.0277. The van der Waals surface area contributed by atoms with E-state index >= 15 is 0 Å². The third-order valence-electron chi connectivity index (χ3n) is 2.97. The second kappa shape index (κ2) is 4.73. The minimum Gasteiger partial charge on any atom is -0.383 e. The third-order valence-corrected chi connectivity index (χ3v) is 2.97. The highest BCUT2D eigenvalue weighted by atomic mass is 16.1. The first-order valence-corrected chi connectivity index (χ1v) is 5.99. The average molecular weight is 233 g/mol. The summed E-state index contributed by atoms with van der Waals surface area (Å²) in [7, 11) is 3.80. The molecule has 0 aromatic carbocycles. The molecular formula is C13H19N3O. The molecule has 1 fully saturated rings. The maximum absolute atomic E-state index is 12.0. The van der Waals surface area contributed by atoms with E-state index in [1.54, 1.807) is 18.5 Å². The van der Waals surface area contributed by atoms with Gasteiger partial charge in [0.05, 0.1) is 6.20 Å². The first kappa shape index (κ1) is 11.9. The van der Waals surface area contributed by atoms with Crippen LogP contribution in [0.1, 0.15) is 29.2 Å². The Morgan fingerprint density at radius 1 is 1.59 bits per heavy atom. The maximum Gasteiger partial charge on any atom is 0.205 e. The number of hydrogen-bond donors (Lipinski definition) is 0. The fraction of sp³-hybridized carbons (Fsp3) is 0.538. The largest absolute Gasteiger partial charge is 0.383 e. The summed E-state index contributed by atoms with van der Waals surface area (Å²) in [4.78, 5) is 18.1. The molecule has 1 saturated carbocycles. The fourth-order valence-electron chi connectivity index (χ4n) is 1.76. The van der Waals surface area contributed by atoms with Crippen molar-refractivity contribution in [3.05, 3.63) is 30.0 Å². The summed E-state index contributed by atoms with van der Waals surface area (Å²) < 4.78 is 2.04. The predicted molar refractivity (Wildman–Crippen MR) is 66.8 cm³/mol. The first-order valence-electron chi connectivity index (χ1n) is 5.99. The summed E-state index contributed by atoms with van der Waals surface area (Å²) >= 11 is 0. The lowest BCUT2D eigenvalue weighted by Gasteiger charge is -2.07. The van der Waals surface area contributed by atoms with Crippen molar-refractivity contribution in [1.29, 1.82) is 0 Å². The summed E-state index contributed by atoms with van der Waals surface area (Å²) in [6.45, 7) is 2.89. The van der Waals surface area contributed by atoms with Crippen LogP contribution in [0.4, 0.5) is 0 Å². The first-order chi connectivity index (χ1) is 8.08. The summed E-state index contributed by atoms with van der Waals surface area (Å²) in [5.41, 5.74) is 0.701. The molecule has 0 saturated heterocycles. The van der Waals surface area contributed by atoms with E-state index in [-0.39, 0.29) is 5.78 Å². The van der Waals surface area contributed by atoms with E-state index in [2.05, 4.69) is 4.98 Å². The molecule has 1 aromatic heterocycles. The van der Waals surface area contributed by atoms with E-state index in [9.17, 15) is 4.79 Å². The molecule has 0 unspecified atom stereocenters. The molecule has 0 bridgehead atoms. The van der Waals surface area contributed by atoms with Crippen LogP contribution in [0.15, 0.2) is 18.5 Å². The predicted octanol–water partition coefficient (Wildman–Crippen LogP) is 1.86. The number of aromatic nitrogens is 2. The number of carbonyl (C=O) groups excluding carboxylic acids is 1. The van der Waals surface area contributed by atoms with Gasteiger partial charge in [0.2, 0.25) is 5.78 Å². The molecule has 92 valence electrons. The SMILES string of the molecule is Cc1ncc(C(=O)/C=C/N(C)C)n1CC1CC1. The zero-order valence-electron chi connectivity index (χ0n) is 10.7. The Kier molecular flexibility index (Phi) is 3.31. The van der Waals surface area contributed by atoms with Crippen LogP contribution in [0.5, 0.6) is 0 Å². The number of hydrogen-bond acceptors (Lipinski definition) is 3. The van der Waals surface area contributed by atoms with Crippen LogP contribution in [0, 0.1) is 12.8 Å². The van der Waals surface area contributed by atoms with Crippen LogP contribution in [0.3, 0.4) is 0 Å². The zero-order valence-corrected chi connectivity index (χ0v) is 10.7. The fourth-order valence-corrected chi connectivity index (χ4v) is 1.76. The van der Waals surface area contributed by atoms with Gasteiger partial charge in [-0.05, 0) is 25.7 Å². The van der Waals surface area contributed by atoms with Crippen molar-refractivity contribution in [1.82, 2.24) is 14.5 Å². The molecule has 0 amide bonds. The van der Waals surface area contributed by atoms with Gasteiger partial charge in [-0.15, -0.1) is 0 Å². The smallest absolute Gasteiger partial charge is 0.205 e. The standard InChI is InChI=1S/C13H19N3O/c1-10-14-8-12(13(17)6-7-15(2)3)16(10)9-11-4-5-11/h6-8,11H,4-5,9H2,1-3H3/b7-6+. The molecule has 0 radical (unpaired) electrons. The van der Waals surface area contributed by atoms with Crippen molar-refractivity contribution in [2.45, 2.75) is 26.3 Å². The van der Waals surface area contributed by atoms with Gasteiger partial charge in [0.25, 0.3) is 0 Å². The molecule has 0 aliphatic heterocycles. The van der Waals surface area contributed by atoms with Crippen LogP contribution in [-0.2, 0) is 6.54 Å². The van der Waals surface area contributed by atoms with Crippen molar-refractivity contribution >= 4 is 5.78 Å². The summed E-state index contributed by atoms with van der Waals surface area (Å²) in [5.74, 6) is 1.70. The van der Waals surface area contributed by atoms with Crippen molar-refractivity contribution in [2.24, 2.45) is 5.92 Å². The molecule has 17 heavy (non-hydrogen) atoms. The van der Waals surface area contributed by atoms with E-state index in [4.69, 9.17) is 0 Å². The van der Waals surface area contributed by atoms with Gasteiger partial charge in [0.15, 0.2) is 0 Å². The molecule has 1 aliphatic carbocycles. The van der Waals surface area contributed by atoms with Gasteiger partial charge < -0.3 is 9.47 Å². The van der Waals surface area contributed by atoms with Crippen molar-refractivity contribution in [2.75, 3.05) is 14.1 Å². The van der Waals surface area contributed by atoms with Gasteiger partial charge in [-0.1, -0.05) is 0 Å². The van der Waals surface area contributed by atoms with Crippen LogP contribution in [0.2, 0.25) is 0 Å². The second-order valence-corrected chi connectivity index (χ2v) is 4.89. The lowest BCUT2D eigenvalue weighted by Crippen LogP contribution is -2.11. The Balaban J connectivity index is 2.16. The molecule has 0 N–H and O–H groups in total. The van der Waals surface area contributed by atoms with E-state index in [0.29, 0.717) is 5.69 Å². The minimum atomic E-state index is 0.0277. The Labute approximate surface area is 102 Å². The molecule has 0 spiro atoms. The number of aryl methyl sites for hydroxylation is 1.